The van der Waals surface area contributed by atoms with Crippen molar-refractivity contribution in [2.75, 3.05) is 23.2 Å². The molecule has 0 fully saturated rings. The molecule has 0 atom stereocenters. The van der Waals surface area contributed by atoms with Gasteiger partial charge in [0, 0.05) is 32.2 Å². The molecular formula is C14H18N4O2S. The Kier molecular flexibility index (Phi) is 4.74. The first-order valence-corrected chi connectivity index (χ1v) is 8.08. The fraction of sp³-hybridized carbons (Fsp3) is 0.286. The fourth-order valence-electron chi connectivity index (χ4n) is 1.74. The Morgan fingerprint density at radius 3 is 2.48 bits per heavy atom. The summed E-state index contributed by atoms with van der Waals surface area (Å²) in [5.41, 5.74) is 0.554. The molecule has 0 radical (unpaired) electrons. The van der Waals surface area contributed by atoms with Crippen LogP contribution in [0.15, 0.2) is 47.8 Å². The molecule has 6 nitrogen and oxygen atoms in total. The standard InChI is InChI=1S/C14H18N4O2S/c1-3-8-16-14-5-4-13(11-17-14)21(19,20)18(2)12-6-9-15-10-7-12/h4-7,9-11H,3,8H2,1-2H3,(H,16,17). The Hall–Kier alpha value is -2.15. The van der Waals surface area contributed by atoms with Gasteiger partial charge in [-0.15, -0.1) is 0 Å². The van der Waals surface area contributed by atoms with Crippen LogP contribution >= 0.6 is 0 Å². The van der Waals surface area contributed by atoms with Crippen molar-refractivity contribution in [2.45, 2.75) is 18.2 Å². The van der Waals surface area contributed by atoms with Crippen LogP contribution in [0, 0.1) is 0 Å². The summed E-state index contributed by atoms with van der Waals surface area (Å²) in [5, 5.41) is 3.11. The molecule has 0 aliphatic rings. The van der Waals surface area contributed by atoms with Gasteiger partial charge >= 0.3 is 0 Å². The zero-order valence-corrected chi connectivity index (χ0v) is 12.8. The topological polar surface area (TPSA) is 75.2 Å². The average Bonchev–Trinajstić information content (AvgIpc) is 2.53. The van der Waals surface area contributed by atoms with E-state index in [1.54, 1.807) is 36.7 Å². The molecule has 0 spiro atoms. The van der Waals surface area contributed by atoms with Crippen LogP contribution in [0.5, 0.6) is 0 Å². The summed E-state index contributed by atoms with van der Waals surface area (Å²) in [5.74, 6) is 0.669. The minimum Gasteiger partial charge on any atom is -0.370 e. The molecule has 0 aliphatic heterocycles. The maximum Gasteiger partial charge on any atom is 0.265 e. The largest absolute Gasteiger partial charge is 0.370 e. The van der Waals surface area contributed by atoms with Gasteiger partial charge in [-0.05, 0) is 30.7 Å². The summed E-state index contributed by atoms with van der Waals surface area (Å²) in [6, 6.07) is 6.51. The van der Waals surface area contributed by atoms with Gasteiger partial charge in [-0.1, -0.05) is 6.92 Å². The number of nitrogens with one attached hydrogen (secondary N) is 1. The van der Waals surface area contributed by atoms with Crippen molar-refractivity contribution in [1.29, 1.82) is 0 Å². The van der Waals surface area contributed by atoms with E-state index < -0.39 is 10.0 Å². The number of rotatable bonds is 6. The van der Waals surface area contributed by atoms with Crippen molar-refractivity contribution < 1.29 is 8.42 Å². The van der Waals surface area contributed by atoms with Gasteiger partial charge in [0.05, 0.1) is 5.69 Å². The Morgan fingerprint density at radius 2 is 1.90 bits per heavy atom. The number of hydrogen-bond acceptors (Lipinski definition) is 5. The molecule has 21 heavy (non-hydrogen) atoms. The molecule has 0 amide bonds. The van der Waals surface area contributed by atoms with Crippen molar-refractivity contribution in [3.05, 3.63) is 42.9 Å². The Labute approximate surface area is 124 Å². The zero-order valence-electron chi connectivity index (χ0n) is 12.0. The highest BCUT2D eigenvalue weighted by molar-refractivity contribution is 7.92. The van der Waals surface area contributed by atoms with E-state index >= 15 is 0 Å². The number of aromatic nitrogens is 2. The highest BCUT2D eigenvalue weighted by Gasteiger charge is 2.21. The van der Waals surface area contributed by atoms with E-state index in [1.165, 1.54) is 17.5 Å². The Balaban J connectivity index is 2.23. The van der Waals surface area contributed by atoms with Crippen LogP contribution in [0.4, 0.5) is 11.5 Å². The van der Waals surface area contributed by atoms with Gasteiger partial charge in [-0.25, -0.2) is 13.4 Å². The lowest BCUT2D eigenvalue weighted by atomic mass is 10.4. The maximum absolute atomic E-state index is 12.5. The lowest BCUT2D eigenvalue weighted by Gasteiger charge is -2.19. The first-order chi connectivity index (χ1) is 10.1. The summed E-state index contributed by atoms with van der Waals surface area (Å²) >= 11 is 0. The van der Waals surface area contributed by atoms with Gasteiger partial charge in [-0.2, -0.15) is 0 Å². The van der Waals surface area contributed by atoms with E-state index in [-0.39, 0.29) is 4.90 Å². The lowest BCUT2D eigenvalue weighted by molar-refractivity contribution is 0.594. The van der Waals surface area contributed by atoms with Crippen LogP contribution in [0.3, 0.4) is 0 Å². The van der Waals surface area contributed by atoms with Crippen molar-refractivity contribution in [3.8, 4) is 0 Å². The molecule has 1 N–H and O–H groups in total. The predicted molar refractivity (Wildman–Crippen MR) is 82.8 cm³/mol. The summed E-state index contributed by atoms with van der Waals surface area (Å²) in [6.45, 7) is 2.85. The summed E-state index contributed by atoms with van der Waals surface area (Å²) in [4.78, 5) is 8.17. The molecule has 2 aromatic heterocycles. The zero-order chi connectivity index (χ0) is 15.3. The molecule has 2 rings (SSSR count). The number of sulfonamides is 1. The lowest BCUT2D eigenvalue weighted by Crippen LogP contribution is -2.26. The first-order valence-electron chi connectivity index (χ1n) is 6.64. The number of hydrogen-bond donors (Lipinski definition) is 1. The second kappa shape index (κ2) is 6.53. The van der Waals surface area contributed by atoms with Crippen molar-refractivity contribution in [2.24, 2.45) is 0 Å². The van der Waals surface area contributed by atoms with Crippen LogP contribution in [0.1, 0.15) is 13.3 Å². The summed E-state index contributed by atoms with van der Waals surface area (Å²) in [7, 11) is -2.11. The average molecular weight is 306 g/mol. The number of pyridine rings is 2. The van der Waals surface area contributed by atoms with Gasteiger partial charge in [-0.3, -0.25) is 9.29 Å². The Morgan fingerprint density at radius 1 is 1.19 bits per heavy atom. The van der Waals surface area contributed by atoms with Crippen molar-refractivity contribution in [1.82, 2.24) is 9.97 Å². The fourth-order valence-corrected chi connectivity index (χ4v) is 2.88. The van der Waals surface area contributed by atoms with Crippen LogP contribution < -0.4 is 9.62 Å². The van der Waals surface area contributed by atoms with Crippen LogP contribution in [0.2, 0.25) is 0 Å². The van der Waals surface area contributed by atoms with Crippen LogP contribution in [-0.2, 0) is 10.0 Å². The van der Waals surface area contributed by atoms with E-state index in [0.717, 1.165) is 13.0 Å². The molecule has 7 heteroatoms. The molecule has 0 bridgehead atoms. The van der Waals surface area contributed by atoms with Crippen LogP contribution in [0.25, 0.3) is 0 Å². The Bertz CT molecular complexity index is 672. The van der Waals surface area contributed by atoms with E-state index in [2.05, 4.69) is 22.2 Å². The van der Waals surface area contributed by atoms with E-state index in [9.17, 15) is 8.42 Å². The predicted octanol–water partition coefficient (Wildman–Crippen LogP) is 2.12. The third kappa shape index (κ3) is 3.49. The highest BCUT2D eigenvalue weighted by atomic mass is 32.2. The molecule has 0 aromatic carbocycles. The molecule has 0 unspecified atom stereocenters. The molecular weight excluding hydrogens is 288 g/mol. The van der Waals surface area contributed by atoms with E-state index in [4.69, 9.17) is 0 Å². The van der Waals surface area contributed by atoms with Gasteiger partial charge in [0.15, 0.2) is 0 Å². The second-order valence-electron chi connectivity index (χ2n) is 4.48. The summed E-state index contributed by atoms with van der Waals surface area (Å²) < 4.78 is 26.2. The SMILES string of the molecule is CCCNc1ccc(S(=O)(=O)N(C)c2ccncc2)cn1. The number of nitrogens with zero attached hydrogens (tertiary/aromatic N) is 3. The van der Waals surface area contributed by atoms with Crippen LogP contribution in [-0.4, -0.2) is 32.0 Å². The first kappa shape index (κ1) is 15.2. The minimum atomic E-state index is -3.61. The van der Waals surface area contributed by atoms with Gasteiger partial charge in [0.2, 0.25) is 0 Å². The monoisotopic (exact) mass is 306 g/mol. The second-order valence-corrected chi connectivity index (χ2v) is 6.45. The quantitative estimate of drug-likeness (QED) is 0.885. The highest BCUT2D eigenvalue weighted by Crippen LogP contribution is 2.21. The molecule has 0 saturated carbocycles. The van der Waals surface area contributed by atoms with E-state index in [0.29, 0.717) is 11.5 Å². The van der Waals surface area contributed by atoms with Gasteiger partial charge < -0.3 is 5.32 Å². The van der Waals surface area contributed by atoms with Crippen molar-refractivity contribution in [3.63, 3.8) is 0 Å². The minimum absolute atomic E-state index is 0.156. The smallest absolute Gasteiger partial charge is 0.265 e. The van der Waals surface area contributed by atoms with Crippen molar-refractivity contribution >= 4 is 21.5 Å². The van der Waals surface area contributed by atoms with E-state index in [1.807, 2.05) is 0 Å². The third-order valence-corrected chi connectivity index (χ3v) is 4.75. The third-order valence-electron chi connectivity index (χ3n) is 2.98. The molecule has 112 valence electrons. The molecule has 2 aromatic rings. The normalized spacial score (nSPS) is 11.1. The van der Waals surface area contributed by atoms with Gasteiger partial charge in [0.25, 0.3) is 10.0 Å². The van der Waals surface area contributed by atoms with Gasteiger partial charge in [0.1, 0.15) is 10.7 Å². The molecule has 0 saturated heterocycles. The summed E-state index contributed by atoms with van der Waals surface area (Å²) in [6.07, 6.45) is 5.45. The maximum atomic E-state index is 12.5. The molecule has 0 aliphatic carbocycles. The molecule has 2 heterocycles. The number of anilines is 2.